The van der Waals surface area contributed by atoms with Gasteiger partial charge < -0.3 is 4.74 Å². The van der Waals surface area contributed by atoms with Gasteiger partial charge in [-0.15, -0.1) is 11.6 Å². The maximum Gasteiger partial charge on any atom is 0.213 e. The van der Waals surface area contributed by atoms with E-state index >= 15 is 0 Å². The molecule has 78 valence electrons. The number of rotatable bonds is 4. The lowest BCUT2D eigenvalue weighted by Crippen LogP contribution is -2.27. The highest BCUT2D eigenvalue weighted by Gasteiger charge is 2.17. The monoisotopic (exact) mass is 213 g/mol. The van der Waals surface area contributed by atoms with Crippen LogP contribution < -0.4 is 4.74 Å². The summed E-state index contributed by atoms with van der Waals surface area (Å²) in [5.41, 5.74) is 0.850. The van der Waals surface area contributed by atoms with Gasteiger partial charge in [0, 0.05) is 18.1 Å². The van der Waals surface area contributed by atoms with Crippen molar-refractivity contribution in [3.63, 3.8) is 0 Å². The third kappa shape index (κ3) is 3.18. The molecule has 0 saturated carbocycles. The molecule has 1 rings (SSSR count). The van der Waals surface area contributed by atoms with E-state index in [1.54, 1.807) is 6.20 Å². The molecule has 1 aromatic rings. The molecule has 0 amide bonds. The summed E-state index contributed by atoms with van der Waals surface area (Å²) in [4.78, 5) is 4.18. The fourth-order valence-electron chi connectivity index (χ4n) is 0.906. The summed E-state index contributed by atoms with van der Waals surface area (Å²) in [5.74, 6) is 1.15. The van der Waals surface area contributed by atoms with Gasteiger partial charge in [-0.1, -0.05) is 13.0 Å². The summed E-state index contributed by atoms with van der Waals surface area (Å²) < 4.78 is 5.70. The van der Waals surface area contributed by atoms with Gasteiger partial charge in [0.1, 0.15) is 5.60 Å². The molecule has 0 saturated heterocycles. The molecule has 2 nitrogen and oxygen atoms in total. The quantitative estimate of drug-likeness (QED) is 0.716. The lowest BCUT2D eigenvalue weighted by molar-refractivity contribution is 0.0990. The largest absolute Gasteiger partial charge is 0.472 e. The molecule has 0 spiro atoms. The van der Waals surface area contributed by atoms with Crippen molar-refractivity contribution in [2.24, 2.45) is 0 Å². The molecule has 0 unspecified atom stereocenters. The van der Waals surface area contributed by atoms with Gasteiger partial charge >= 0.3 is 0 Å². The Hall–Kier alpha value is -0.760. The highest BCUT2D eigenvalue weighted by Crippen LogP contribution is 2.18. The van der Waals surface area contributed by atoms with Crippen molar-refractivity contribution < 1.29 is 4.74 Å². The normalized spacial score (nSPS) is 11.4. The molecule has 0 fully saturated rings. The standard InChI is InChI=1S/C11H16ClNO/c1-4-11(2,3)14-10-6-5-9(7-12)8-13-10/h5-6,8H,4,7H2,1-3H3. The molecule has 0 radical (unpaired) electrons. The fraction of sp³-hybridized carbons (Fsp3) is 0.545. The molecular formula is C11H16ClNO. The SMILES string of the molecule is CCC(C)(C)Oc1ccc(CCl)cn1. The molecule has 0 N–H and O–H groups in total. The Balaban J connectivity index is 2.69. The summed E-state index contributed by atoms with van der Waals surface area (Å²) in [6, 6.07) is 3.79. The van der Waals surface area contributed by atoms with Crippen LogP contribution in [0.4, 0.5) is 0 Å². The van der Waals surface area contributed by atoms with Gasteiger partial charge in [0.25, 0.3) is 0 Å². The Morgan fingerprint density at radius 2 is 2.14 bits per heavy atom. The van der Waals surface area contributed by atoms with E-state index in [4.69, 9.17) is 16.3 Å². The predicted octanol–water partition coefficient (Wildman–Crippen LogP) is 3.39. The maximum absolute atomic E-state index is 5.70. The summed E-state index contributed by atoms with van der Waals surface area (Å²) in [6.07, 6.45) is 2.69. The predicted molar refractivity (Wildman–Crippen MR) is 58.8 cm³/mol. The van der Waals surface area contributed by atoms with Crippen molar-refractivity contribution in [3.8, 4) is 5.88 Å². The molecule has 1 aromatic heterocycles. The zero-order chi connectivity index (χ0) is 10.6. The minimum absolute atomic E-state index is 0.157. The number of alkyl halides is 1. The first kappa shape index (κ1) is 11.3. The lowest BCUT2D eigenvalue weighted by atomic mass is 10.1. The van der Waals surface area contributed by atoms with Crippen LogP contribution in [0, 0.1) is 0 Å². The van der Waals surface area contributed by atoms with E-state index in [0.717, 1.165) is 12.0 Å². The van der Waals surface area contributed by atoms with Crippen molar-refractivity contribution >= 4 is 11.6 Å². The molecule has 0 atom stereocenters. The van der Waals surface area contributed by atoms with Crippen molar-refractivity contribution in [2.45, 2.75) is 38.7 Å². The van der Waals surface area contributed by atoms with Crippen LogP contribution >= 0.6 is 11.6 Å². The van der Waals surface area contributed by atoms with Crippen LogP contribution in [0.25, 0.3) is 0 Å². The average Bonchev–Trinajstić information content (AvgIpc) is 2.19. The van der Waals surface area contributed by atoms with Gasteiger partial charge in [0.05, 0.1) is 0 Å². The van der Waals surface area contributed by atoms with E-state index in [0.29, 0.717) is 11.8 Å². The van der Waals surface area contributed by atoms with Crippen LogP contribution in [-0.4, -0.2) is 10.6 Å². The van der Waals surface area contributed by atoms with Crippen molar-refractivity contribution in [2.75, 3.05) is 0 Å². The van der Waals surface area contributed by atoms with Gasteiger partial charge in [-0.05, 0) is 25.8 Å². The molecule has 0 aromatic carbocycles. The number of hydrogen-bond acceptors (Lipinski definition) is 2. The molecular weight excluding hydrogens is 198 g/mol. The van der Waals surface area contributed by atoms with E-state index in [2.05, 4.69) is 11.9 Å². The van der Waals surface area contributed by atoms with E-state index in [-0.39, 0.29) is 5.60 Å². The highest BCUT2D eigenvalue weighted by atomic mass is 35.5. The van der Waals surface area contributed by atoms with Crippen molar-refractivity contribution in [1.29, 1.82) is 0 Å². The minimum Gasteiger partial charge on any atom is -0.472 e. The lowest BCUT2D eigenvalue weighted by Gasteiger charge is -2.23. The molecule has 1 heterocycles. The summed E-state index contributed by atoms with van der Waals surface area (Å²) in [7, 11) is 0. The Morgan fingerprint density at radius 1 is 1.43 bits per heavy atom. The number of pyridine rings is 1. The van der Waals surface area contributed by atoms with Crippen LogP contribution in [0.5, 0.6) is 5.88 Å². The molecule has 14 heavy (non-hydrogen) atoms. The number of ether oxygens (including phenoxy) is 1. The Morgan fingerprint density at radius 3 is 2.57 bits per heavy atom. The topological polar surface area (TPSA) is 22.1 Å². The number of aromatic nitrogens is 1. The molecule has 3 heteroatoms. The number of hydrogen-bond donors (Lipinski definition) is 0. The first-order valence-corrected chi connectivity index (χ1v) is 5.31. The van der Waals surface area contributed by atoms with Gasteiger partial charge in [-0.3, -0.25) is 0 Å². The summed E-state index contributed by atoms with van der Waals surface area (Å²) in [6.45, 7) is 6.18. The van der Waals surface area contributed by atoms with E-state index in [1.807, 2.05) is 26.0 Å². The Bertz CT molecular complexity index is 282. The average molecular weight is 214 g/mol. The first-order chi connectivity index (χ1) is 6.57. The fourth-order valence-corrected chi connectivity index (χ4v) is 1.06. The number of halogens is 1. The first-order valence-electron chi connectivity index (χ1n) is 4.77. The van der Waals surface area contributed by atoms with Crippen LogP contribution in [-0.2, 0) is 5.88 Å². The second kappa shape index (κ2) is 4.65. The number of nitrogens with zero attached hydrogens (tertiary/aromatic N) is 1. The third-order valence-electron chi connectivity index (χ3n) is 2.18. The van der Waals surface area contributed by atoms with Gasteiger partial charge in [-0.25, -0.2) is 4.98 Å². The van der Waals surface area contributed by atoms with Gasteiger partial charge in [0.15, 0.2) is 0 Å². The van der Waals surface area contributed by atoms with Crippen molar-refractivity contribution in [1.82, 2.24) is 4.98 Å². The highest BCUT2D eigenvalue weighted by molar-refractivity contribution is 6.17. The Kier molecular flexibility index (Phi) is 3.76. The maximum atomic E-state index is 5.70. The third-order valence-corrected chi connectivity index (χ3v) is 2.49. The summed E-state index contributed by atoms with van der Waals surface area (Å²) in [5, 5.41) is 0. The second-order valence-corrected chi connectivity index (χ2v) is 4.12. The zero-order valence-corrected chi connectivity index (χ0v) is 9.64. The molecule has 0 bridgehead atoms. The second-order valence-electron chi connectivity index (χ2n) is 3.85. The van der Waals surface area contributed by atoms with Crippen molar-refractivity contribution in [3.05, 3.63) is 23.9 Å². The van der Waals surface area contributed by atoms with E-state index < -0.39 is 0 Å². The van der Waals surface area contributed by atoms with Gasteiger partial charge in [0.2, 0.25) is 5.88 Å². The van der Waals surface area contributed by atoms with Crippen LogP contribution in [0.3, 0.4) is 0 Å². The molecule has 0 aliphatic carbocycles. The van der Waals surface area contributed by atoms with Crippen LogP contribution in [0.2, 0.25) is 0 Å². The van der Waals surface area contributed by atoms with Crippen LogP contribution in [0.15, 0.2) is 18.3 Å². The minimum atomic E-state index is -0.157. The molecule has 0 aliphatic heterocycles. The van der Waals surface area contributed by atoms with E-state index in [9.17, 15) is 0 Å². The van der Waals surface area contributed by atoms with Gasteiger partial charge in [-0.2, -0.15) is 0 Å². The summed E-state index contributed by atoms with van der Waals surface area (Å²) >= 11 is 5.66. The molecule has 0 aliphatic rings. The zero-order valence-electron chi connectivity index (χ0n) is 8.88. The Labute approximate surface area is 90.3 Å². The van der Waals surface area contributed by atoms with Crippen LogP contribution in [0.1, 0.15) is 32.8 Å². The van der Waals surface area contributed by atoms with E-state index in [1.165, 1.54) is 0 Å². The smallest absolute Gasteiger partial charge is 0.213 e.